The molecule has 1 aromatic heterocycles. The highest BCUT2D eigenvalue weighted by atomic mass is 35.5. The molecule has 9 heteroatoms. The van der Waals surface area contributed by atoms with Crippen LogP contribution in [-0.4, -0.2) is 58.6 Å². The lowest BCUT2D eigenvalue weighted by Gasteiger charge is -2.33. The van der Waals surface area contributed by atoms with Crippen molar-refractivity contribution in [2.45, 2.75) is 13.5 Å². The van der Waals surface area contributed by atoms with E-state index in [4.69, 9.17) is 16.1 Å². The summed E-state index contributed by atoms with van der Waals surface area (Å²) in [5.74, 6) is 0.388. The van der Waals surface area contributed by atoms with E-state index in [-0.39, 0.29) is 18.1 Å². The van der Waals surface area contributed by atoms with Gasteiger partial charge in [0.15, 0.2) is 0 Å². The van der Waals surface area contributed by atoms with E-state index in [2.05, 4.69) is 20.4 Å². The maximum absolute atomic E-state index is 13.8. The van der Waals surface area contributed by atoms with Crippen LogP contribution in [0.4, 0.5) is 10.1 Å². The van der Waals surface area contributed by atoms with Gasteiger partial charge in [-0.2, -0.15) is 4.98 Å². The Hall–Kier alpha value is -2.81. The molecule has 0 bridgehead atoms. The zero-order valence-electron chi connectivity index (χ0n) is 17.1. The zero-order chi connectivity index (χ0) is 21.8. The van der Waals surface area contributed by atoms with Crippen molar-refractivity contribution < 1.29 is 13.7 Å². The average Bonchev–Trinajstić information content (AvgIpc) is 3.21. The number of aromatic nitrogens is 2. The molecule has 0 unspecified atom stereocenters. The normalized spacial score (nSPS) is 15.2. The van der Waals surface area contributed by atoms with Gasteiger partial charge < -0.3 is 9.84 Å². The SMILES string of the molecule is Cc1ccccc1-c1noc(CN2CCN(CC(=O)Nc3cc(Cl)ccc3F)CC2)n1. The highest BCUT2D eigenvalue weighted by molar-refractivity contribution is 6.30. The molecular weight excluding hydrogens is 421 g/mol. The second-order valence-electron chi connectivity index (χ2n) is 7.55. The zero-order valence-corrected chi connectivity index (χ0v) is 17.9. The van der Waals surface area contributed by atoms with Gasteiger partial charge in [-0.3, -0.25) is 14.6 Å². The maximum atomic E-state index is 13.8. The molecule has 2 heterocycles. The number of nitrogens with zero attached hydrogens (tertiary/aromatic N) is 4. The Labute approximate surface area is 184 Å². The van der Waals surface area contributed by atoms with Crippen molar-refractivity contribution in [2.75, 3.05) is 38.0 Å². The summed E-state index contributed by atoms with van der Waals surface area (Å²) in [4.78, 5) is 21.0. The van der Waals surface area contributed by atoms with Gasteiger partial charge in [0.1, 0.15) is 5.82 Å². The molecule has 0 aliphatic carbocycles. The fourth-order valence-corrected chi connectivity index (χ4v) is 3.71. The molecule has 1 fully saturated rings. The number of hydrogen-bond donors (Lipinski definition) is 1. The highest BCUT2D eigenvalue weighted by Gasteiger charge is 2.21. The highest BCUT2D eigenvalue weighted by Crippen LogP contribution is 2.21. The van der Waals surface area contributed by atoms with E-state index in [1.807, 2.05) is 36.1 Å². The standard InChI is InChI=1S/C22H23ClFN5O2/c1-15-4-2-3-5-17(15)22-26-21(31-27-22)14-29-10-8-28(9-11-29)13-20(30)25-19-12-16(23)6-7-18(19)24/h2-7,12H,8-11,13-14H2,1H3,(H,25,30). The number of anilines is 1. The van der Waals surface area contributed by atoms with Crippen molar-refractivity contribution in [3.05, 3.63) is 64.8 Å². The second kappa shape index (κ2) is 9.55. The minimum absolute atomic E-state index is 0.0944. The molecule has 0 atom stereocenters. The Balaban J connectivity index is 1.26. The number of hydrogen-bond acceptors (Lipinski definition) is 6. The van der Waals surface area contributed by atoms with Gasteiger partial charge in [-0.1, -0.05) is 41.0 Å². The van der Waals surface area contributed by atoms with E-state index < -0.39 is 5.82 Å². The number of aryl methyl sites for hydroxylation is 1. The second-order valence-corrected chi connectivity index (χ2v) is 7.99. The van der Waals surface area contributed by atoms with Crippen LogP contribution in [0.1, 0.15) is 11.5 Å². The summed E-state index contributed by atoms with van der Waals surface area (Å²) in [6, 6.07) is 12.0. The van der Waals surface area contributed by atoms with E-state index in [1.54, 1.807) is 0 Å². The van der Waals surface area contributed by atoms with Gasteiger partial charge in [0.25, 0.3) is 0 Å². The first-order valence-corrected chi connectivity index (χ1v) is 10.4. The minimum Gasteiger partial charge on any atom is -0.338 e. The molecule has 162 valence electrons. The lowest BCUT2D eigenvalue weighted by molar-refractivity contribution is -0.117. The van der Waals surface area contributed by atoms with Crippen LogP contribution in [0.2, 0.25) is 5.02 Å². The number of piperazine rings is 1. The Morgan fingerprint density at radius 3 is 2.68 bits per heavy atom. The summed E-state index contributed by atoms with van der Waals surface area (Å²) in [6.45, 7) is 5.72. The number of amides is 1. The number of benzene rings is 2. The largest absolute Gasteiger partial charge is 0.338 e. The fourth-order valence-electron chi connectivity index (χ4n) is 3.54. The first-order chi connectivity index (χ1) is 15.0. The Bertz CT molecular complexity index is 1070. The van der Waals surface area contributed by atoms with E-state index in [9.17, 15) is 9.18 Å². The Morgan fingerprint density at radius 2 is 1.90 bits per heavy atom. The number of halogens is 2. The summed E-state index contributed by atoms with van der Waals surface area (Å²) in [6.07, 6.45) is 0. The van der Waals surface area contributed by atoms with Crippen molar-refractivity contribution in [2.24, 2.45) is 0 Å². The average molecular weight is 444 g/mol. The van der Waals surface area contributed by atoms with Gasteiger partial charge in [0.2, 0.25) is 17.6 Å². The predicted molar refractivity (Wildman–Crippen MR) is 116 cm³/mol. The van der Waals surface area contributed by atoms with Crippen molar-refractivity contribution in [1.82, 2.24) is 19.9 Å². The molecule has 0 saturated carbocycles. The third kappa shape index (κ3) is 5.46. The minimum atomic E-state index is -0.507. The smallest absolute Gasteiger partial charge is 0.241 e. The summed E-state index contributed by atoms with van der Waals surface area (Å²) in [7, 11) is 0. The quantitative estimate of drug-likeness (QED) is 0.627. The summed E-state index contributed by atoms with van der Waals surface area (Å²) < 4.78 is 19.2. The van der Waals surface area contributed by atoms with Crippen molar-refractivity contribution in [3.63, 3.8) is 0 Å². The topological polar surface area (TPSA) is 74.5 Å². The fraction of sp³-hybridized carbons (Fsp3) is 0.318. The van der Waals surface area contributed by atoms with Crippen LogP contribution in [0.25, 0.3) is 11.4 Å². The molecular formula is C22H23ClFN5O2. The molecule has 1 amide bonds. The lowest BCUT2D eigenvalue weighted by atomic mass is 10.1. The van der Waals surface area contributed by atoms with E-state index in [0.29, 0.717) is 36.4 Å². The molecule has 1 saturated heterocycles. The molecule has 2 aromatic carbocycles. The Morgan fingerprint density at radius 1 is 1.16 bits per heavy atom. The lowest BCUT2D eigenvalue weighted by Crippen LogP contribution is -2.48. The van der Waals surface area contributed by atoms with Crippen LogP contribution in [0.15, 0.2) is 47.0 Å². The summed E-state index contributed by atoms with van der Waals surface area (Å²) in [5.41, 5.74) is 2.15. The summed E-state index contributed by atoms with van der Waals surface area (Å²) in [5, 5.41) is 7.06. The van der Waals surface area contributed by atoms with Gasteiger partial charge >= 0.3 is 0 Å². The van der Waals surface area contributed by atoms with Crippen molar-refractivity contribution in [1.29, 1.82) is 0 Å². The number of carbonyl (C=O) groups excluding carboxylic acids is 1. The molecule has 7 nitrogen and oxygen atoms in total. The van der Waals surface area contributed by atoms with Gasteiger partial charge in [0, 0.05) is 36.8 Å². The van der Waals surface area contributed by atoms with Crippen LogP contribution >= 0.6 is 11.6 Å². The number of carbonyl (C=O) groups is 1. The molecule has 1 aliphatic heterocycles. The molecule has 1 aliphatic rings. The maximum Gasteiger partial charge on any atom is 0.241 e. The van der Waals surface area contributed by atoms with E-state index in [1.165, 1.54) is 18.2 Å². The Kier molecular flexibility index (Phi) is 6.60. The van der Waals surface area contributed by atoms with Crippen molar-refractivity contribution in [3.8, 4) is 11.4 Å². The van der Waals surface area contributed by atoms with Crippen molar-refractivity contribution >= 4 is 23.2 Å². The number of rotatable bonds is 6. The molecule has 4 rings (SSSR count). The van der Waals surface area contributed by atoms with Crippen LogP contribution < -0.4 is 5.32 Å². The van der Waals surface area contributed by atoms with E-state index >= 15 is 0 Å². The summed E-state index contributed by atoms with van der Waals surface area (Å²) >= 11 is 5.87. The van der Waals surface area contributed by atoms with Gasteiger partial charge in [-0.25, -0.2) is 4.39 Å². The third-order valence-corrected chi connectivity index (χ3v) is 5.48. The third-order valence-electron chi connectivity index (χ3n) is 5.25. The van der Waals surface area contributed by atoms with Crippen LogP contribution in [0.3, 0.4) is 0 Å². The van der Waals surface area contributed by atoms with Crippen LogP contribution in [0.5, 0.6) is 0 Å². The first-order valence-electron chi connectivity index (χ1n) is 10.1. The van der Waals surface area contributed by atoms with E-state index in [0.717, 1.165) is 24.2 Å². The molecule has 0 spiro atoms. The monoisotopic (exact) mass is 443 g/mol. The van der Waals surface area contributed by atoms with Gasteiger partial charge in [-0.15, -0.1) is 0 Å². The molecule has 1 N–H and O–H groups in total. The van der Waals surface area contributed by atoms with Gasteiger partial charge in [0.05, 0.1) is 18.8 Å². The number of nitrogens with one attached hydrogen (secondary N) is 1. The first kappa shape index (κ1) is 21.4. The van der Waals surface area contributed by atoms with Crippen LogP contribution in [0, 0.1) is 12.7 Å². The predicted octanol–water partition coefficient (Wildman–Crippen LogP) is 3.59. The molecule has 31 heavy (non-hydrogen) atoms. The molecule has 3 aromatic rings. The van der Waals surface area contributed by atoms with Crippen LogP contribution in [-0.2, 0) is 11.3 Å². The van der Waals surface area contributed by atoms with Gasteiger partial charge in [-0.05, 0) is 30.7 Å². The molecule has 0 radical (unpaired) electrons.